The van der Waals surface area contributed by atoms with Gasteiger partial charge in [0.25, 0.3) is 0 Å². The Bertz CT molecular complexity index is 1460. The van der Waals surface area contributed by atoms with Crippen molar-refractivity contribution in [2.45, 2.75) is 156 Å². The first-order chi connectivity index (χ1) is 23.3. The molecule has 0 spiro atoms. The van der Waals surface area contributed by atoms with E-state index in [1.165, 1.54) is 13.8 Å². The fourth-order valence-corrected chi connectivity index (χ4v) is 11.3. The molecule has 0 bridgehead atoms. The molecule has 1 aliphatic heterocycles. The Morgan fingerprint density at radius 2 is 1.65 bits per heavy atom. The highest BCUT2D eigenvalue weighted by Gasteiger charge is 2.74. The molecule has 5 N–H and O–H groups in total. The summed E-state index contributed by atoms with van der Waals surface area (Å²) in [7, 11) is 0. The van der Waals surface area contributed by atoms with E-state index in [-0.39, 0.29) is 49.6 Å². The lowest BCUT2D eigenvalue weighted by Gasteiger charge is -2.64. The molecule has 1 saturated heterocycles. The first-order valence-electron chi connectivity index (χ1n) is 18.5. The minimum absolute atomic E-state index is 0.00923. The molecule has 5 rings (SSSR count). The van der Waals surface area contributed by atoms with Crippen molar-refractivity contribution >= 4 is 23.3 Å². The van der Waals surface area contributed by atoms with E-state index in [4.69, 9.17) is 14.2 Å². The van der Waals surface area contributed by atoms with Crippen LogP contribution in [0.15, 0.2) is 11.6 Å². The summed E-state index contributed by atoms with van der Waals surface area (Å²) in [5.74, 6) is -3.58. The molecule has 4 fully saturated rings. The Kier molecular flexibility index (Phi) is 10.3. The Hall–Kier alpha value is -2.06. The van der Waals surface area contributed by atoms with Crippen LogP contribution in [-0.2, 0) is 33.4 Å². The van der Waals surface area contributed by atoms with Crippen LogP contribution in [0.1, 0.15) is 108 Å². The van der Waals surface area contributed by atoms with Crippen LogP contribution in [0, 0.1) is 45.3 Å². The SMILES string of the molecule is CC(=O)OC(C)(C)CCC(=O)[C@](C)(O)[C@H]1[C@H](O)C[C@@]2(C)[C@@H]3CC=C4[C@@H](C[C@H](OC5O[C@H](CO)[C@@H](O)[C@H](O)[C@H]5C)C(=O)C4(C)C)[C@]3(C)C(=O)C[C@]12C. The van der Waals surface area contributed by atoms with Crippen molar-refractivity contribution in [1.29, 1.82) is 0 Å². The van der Waals surface area contributed by atoms with Crippen molar-refractivity contribution in [2.24, 2.45) is 45.3 Å². The maximum atomic E-state index is 14.8. The number of hydrogen-bond donors (Lipinski definition) is 5. The van der Waals surface area contributed by atoms with Gasteiger partial charge < -0.3 is 39.7 Å². The molecule has 0 amide bonds. The van der Waals surface area contributed by atoms with E-state index >= 15 is 0 Å². The van der Waals surface area contributed by atoms with Gasteiger partial charge in [-0.15, -0.1) is 0 Å². The number of rotatable bonds is 9. The average Bonchev–Trinajstić information content (AvgIpc) is 3.22. The summed E-state index contributed by atoms with van der Waals surface area (Å²) in [6, 6.07) is 0. The molecular weight excluding hydrogens is 660 g/mol. The molecule has 1 unspecified atom stereocenters. The van der Waals surface area contributed by atoms with Gasteiger partial charge >= 0.3 is 5.97 Å². The number of aliphatic hydroxyl groups excluding tert-OH is 4. The van der Waals surface area contributed by atoms with Gasteiger partial charge in [-0.25, -0.2) is 0 Å². The molecule has 1 heterocycles. The predicted molar refractivity (Wildman–Crippen MR) is 184 cm³/mol. The minimum atomic E-state index is -1.97. The molecular formula is C39H60O12. The van der Waals surface area contributed by atoms with Crippen LogP contribution in [0.2, 0.25) is 0 Å². The van der Waals surface area contributed by atoms with Gasteiger partial charge in [0.2, 0.25) is 0 Å². The van der Waals surface area contributed by atoms with E-state index in [1.54, 1.807) is 20.8 Å². The zero-order valence-electron chi connectivity index (χ0n) is 31.9. The number of fused-ring (bicyclic) bond motifs is 5. The summed E-state index contributed by atoms with van der Waals surface area (Å²) in [4.78, 5) is 54.3. The standard InChI is InChI=1S/C39H60O12/c1-19-29(45)30(46)25(18-40)50-33(19)49-24-15-22-21(35(5,6)32(24)47)11-12-26-36(7)16-23(42)31(37(36,8)17-28(44)38(22,26)9)39(10,48)27(43)13-14-34(3,4)51-20(2)41/h11,19,22-26,29-31,33,40,42,45-46,48H,12-18H2,1-10H3/t19-,22-,23-,24+,25-,26+,29-,30-,31+,33?,36+,37-,38+,39+/m1/s1. The molecule has 3 saturated carbocycles. The van der Waals surface area contributed by atoms with Gasteiger partial charge in [0.1, 0.15) is 35.3 Å². The number of aliphatic hydroxyl groups is 5. The average molecular weight is 721 g/mol. The van der Waals surface area contributed by atoms with E-state index in [0.717, 1.165) is 5.57 Å². The summed E-state index contributed by atoms with van der Waals surface area (Å²) in [5.41, 5.74) is -5.66. The molecule has 5 aliphatic rings. The zero-order chi connectivity index (χ0) is 38.4. The highest BCUT2D eigenvalue weighted by atomic mass is 16.7. The second-order valence-electron chi connectivity index (χ2n) is 18.3. The van der Waals surface area contributed by atoms with E-state index in [0.29, 0.717) is 6.42 Å². The number of carbonyl (C=O) groups is 4. The third-order valence-corrected chi connectivity index (χ3v) is 14.4. The smallest absolute Gasteiger partial charge is 0.303 e. The fraction of sp³-hybridized carbons (Fsp3) is 0.846. The molecule has 14 atom stereocenters. The van der Waals surface area contributed by atoms with Gasteiger partial charge in [-0.3, -0.25) is 19.2 Å². The van der Waals surface area contributed by atoms with Crippen LogP contribution < -0.4 is 0 Å². The number of allylic oxidation sites excluding steroid dienone is 2. The Morgan fingerprint density at radius 1 is 1.02 bits per heavy atom. The van der Waals surface area contributed by atoms with Crippen molar-refractivity contribution in [1.82, 2.24) is 0 Å². The van der Waals surface area contributed by atoms with E-state index in [2.05, 4.69) is 13.0 Å². The van der Waals surface area contributed by atoms with Crippen molar-refractivity contribution in [2.75, 3.05) is 6.61 Å². The highest BCUT2D eigenvalue weighted by Crippen LogP contribution is 2.74. The number of Topliss-reactive ketones (excluding diaryl/α,β-unsaturated/α-hetero) is 3. The first-order valence-corrected chi connectivity index (χ1v) is 18.5. The Balaban J connectivity index is 1.46. The van der Waals surface area contributed by atoms with Gasteiger partial charge in [-0.2, -0.15) is 0 Å². The largest absolute Gasteiger partial charge is 0.460 e. The maximum Gasteiger partial charge on any atom is 0.303 e. The molecule has 0 aromatic rings. The van der Waals surface area contributed by atoms with Crippen LogP contribution in [-0.4, -0.2) is 103 Å². The quantitative estimate of drug-likeness (QED) is 0.173. The maximum absolute atomic E-state index is 14.8. The predicted octanol–water partition coefficient (Wildman–Crippen LogP) is 2.82. The lowest BCUT2D eigenvalue weighted by molar-refractivity contribution is -0.294. The lowest BCUT2D eigenvalue weighted by Crippen LogP contribution is -2.66. The number of esters is 1. The molecule has 4 aliphatic carbocycles. The van der Waals surface area contributed by atoms with E-state index in [9.17, 15) is 44.7 Å². The number of ketones is 3. The highest BCUT2D eigenvalue weighted by molar-refractivity contribution is 5.95. The van der Waals surface area contributed by atoms with Gasteiger partial charge in [-0.05, 0) is 83.0 Å². The van der Waals surface area contributed by atoms with Crippen LogP contribution in [0.4, 0.5) is 0 Å². The van der Waals surface area contributed by atoms with E-state index in [1.807, 2.05) is 27.7 Å². The number of ether oxygens (including phenoxy) is 3. The van der Waals surface area contributed by atoms with Gasteiger partial charge in [0, 0.05) is 42.4 Å². The van der Waals surface area contributed by atoms with Crippen molar-refractivity contribution in [3.8, 4) is 0 Å². The van der Waals surface area contributed by atoms with Crippen molar-refractivity contribution in [3.63, 3.8) is 0 Å². The van der Waals surface area contributed by atoms with Gasteiger partial charge in [0.15, 0.2) is 17.9 Å². The molecule has 0 radical (unpaired) electrons. The molecule has 51 heavy (non-hydrogen) atoms. The Labute approximate surface area is 301 Å². The molecule has 12 nitrogen and oxygen atoms in total. The molecule has 12 heteroatoms. The first kappa shape index (κ1) is 40.1. The monoisotopic (exact) mass is 720 g/mol. The lowest BCUT2D eigenvalue weighted by atomic mass is 9.38. The second kappa shape index (κ2) is 13.1. The Morgan fingerprint density at radius 3 is 2.24 bits per heavy atom. The summed E-state index contributed by atoms with van der Waals surface area (Å²) in [6.45, 7) is 16.8. The van der Waals surface area contributed by atoms with Crippen molar-refractivity contribution in [3.05, 3.63) is 11.6 Å². The van der Waals surface area contributed by atoms with Crippen LogP contribution in [0.5, 0.6) is 0 Å². The van der Waals surface area contributed by atoms with Crippen LogP contribution in [0.3, 0.4) is 0 Å². The van der Waals surface area contributed by atoms with E-state index < -0.39 is 106 Å². The summed E-state index contributed by atoms with van der Waals surface area (Å²) in [6.07, 6.45) is -3.75. The van der Waals surface area contributed by atoms with Crippen LogP contribution >= 0.6 is 0 Å². The summed E-state index contributed by atoms with van der Waals surface area (Å²) < 4.78 is 17.5. The normalized spacial score (nSPS) is 44.8. The summed E-state index contributed by atoms with van der Waals surface area (Å²) in [5, 5.41) is 54.6. The van der Waals surface area contributed by atoms with Crippen LogP contribution in [0.25, 0.3) is 0 Å². The number of hydrogen-bond acceptors (Lipinski definition) is 12. The van der Waals surface area contributed by atoms with Gasteiger partial charge in [0.05, 0.1) is 18.8 Å². The zero-order valence-corrected chi connectivity index (χ0v) is 31.9. The summed E-state index contributed by atoms with van der Waals surface area (Å²) >= 11 is 0. The third-order valence-electron chi connectivity index (χ3n) is 14.4. The number of carbonyl (C=O) groups excluding carboxylic acids is 4. The van der Waals surface area contributed by atoms with Gasteiger partial charge in [-0.1, -0.05) is 39.3 Å². The van der Waals surface area contributed by atoms with Crippen molar-refractivity contribution < 1.29 is 58.9 Å². The molecule has 0 aromatic carbocycles. The molecule has 0 aromatic heterocycles. The topological polar surface area (TPSA) is 197 Å². The minimum Gasteiger partial charge on any atom is -0.460 e. The third kappa shape index (κ3) is 6.09. The fourth-order valence-electron chi connectivity index (χ4n) is 11.3. The second-order valence-corrected chi connectivity index (χ2v) is 18.3. The molecule has 288 valence electrons.